The topological polar surface area (TPSA) is 39.1 Å². The monoisotopic (exact) mass is 225 g/mol. The van der Waals surface area contributed by atoms with Gasteiger partial charge in [-0.1, -0.05) is 19.8 Å². The molecule has 0 amide bonds. The van der Waals surface area contributed by atoms with Crippen LogP contribution in [-0.4, -0.2) is 30.0 Å². The first-order valence-corrected chi connectivity index (χ1v) is 6.07. The van der Waals surface area contributed by atoms with Gasteiger partial charge in [0.25, 0.3) is 0 Å². The van der Waals surface area contributed by atoms with Gasteiger partial charge >= 0.3 is 0 Å². The normalized spacial score (nSPS) is 10.9. The molecule has 0 aliphatic carbocycles. The van der Waals surface area contributed by atoms with E-state index in [0.717, 1.165) is 26.2 Å². The fourth-order valence-electron chi connectivity index (χ4n) is 1.55. The Kier molecular flexibility index (Phi) is 6.85. The van der Waals surface area contributed by atoms with Gasteiger partial charge in [-0.2, -0.15) is 5.10 Å². The predicted octanol–water partition coefficient (Wildman–Crippen LogP) is 1.81. The molecule has 4 nitrogen and oxygen atoms in total. The molecule has 16 heavy (non-hydrogen) atoms. The first kappa shape index (κ1) is 13.2. The number of aromatic nitrogens is 2. The van der Waals surface area contributed by atoms with E-state index in [1.165, 1.54) is 24.8 Å². The standard InChI is InChI=1S/C12H23N3O/c1-3-4-5-7-15-11-12(10-14-15)9-13-6-8-16-2/h10-11,13H,3-9H2,1-2H3. The van der Waals surface area contributed by atoms with Gasteiger partial charge in [-0.3, -0.25) is 4.68 Å². The number of rotatable bonds is 9. The number of nitrogens with zero attached hydrogens (tertiary/aromatic N) is 2. The van der Waals surface area contributed by atoms with Gasteiger partial charge in [-0.05, 0) is 6.42 Å². The zero-order valence-corrected chi connectivity index (χ0v) is 10.4. The van der Waals surface area contributed by atoms with E-state index in [-0.39, 0.29) is 0 Å². The Balaban J connectivity index is 2.17. The lowest BCUT2D eigenvalue weighted by Crippen LogP contribution is -2.18. The molecule has 4 heteroatoms. The quantitative estimate of drug-likeness (QED) is 0.651. The minimum atomic E-state index is 0.755. The van der Waals surface area contributed by atoms with Crippen LogP contribution in [0.2, 0.25) is 0 Å². The maximum Gasteiger partial charge on any atom is 0.0587 e. The summed E-state index contributed by atoms with van der Waals surface area (Å²) in [5, 5.41) is 7.64. The Morgan fingerprint density at radius 1 is 1.44 bits per heavy atom. The van der Waals surface area contributed by atoms with Crippen LogP contribution >= 0.6 is 0 Å². The number of methoxy groups -OCH3 is 1. The highest BCUT2D eigenvalue weighted by atomic mass is 16.5. The van der Waals surface area contributed by atoms with E-state index in [2.05, 4.69) is 23.5 Å². The lowest BCUT2D eigenvalue weighted by molar-refractivity contribution is 0.199. The third kappa shape index (κ3) is 5.28. The van der Waals surface area contributed by atoms with Gasteiger partial charge in [-0.25, -0.2) is 0 Å². The maximum absolute atomic E-state index is 4.97. The number of ether oxygens (including phenoxy) is 1. The summed E-state index contributed by atoms with van der Waals surface area (Å²) in [7, 11) is 1.72. The van der Waals surface area contributed by atoms with Crippen molar-refractivity contribution in [1.82, 2.24) is 15.1 Å². The van der Waals surface area contributed by atoms with Crippen molar-refractivity contribution in [2.75, 3.05) is 20.3 Å². The minimum Gasteiger partial charge on any atom is -0.383 e. The largest absolute Gasteiger partial charge is 0.383 e. The number of nitrogens with one attached hydrogen (secondary N) is 1. The first-order valence-electron chi connectivity index (χ1n) is 6.07. The molecule has 0 atom stereocenters. The van der Waals surface area contributed by atoms with E-state index in [1.54, 1.807) is 7.11 Å². The summed E-state index contributed by atoms with van der Waals surface area (Å²) in [6.45, 7) is 5.76. The van der Waals surface area contributed by atoms with Crippen LogP contribution in [0.4, 0.5) is 0 Å². The molecule has 0 bridgehead atoms. The van der Waals surface area contributed by atoms with E-state index in [4.69, 9.17) is 4.74 Å². The molecular formula is C12H23N3O. The van der Waals surface area contributed by atoms with Crippen molar-refractivity contribution in [3.63, 3.8) is 0 Å². The first-order chi connectivity index (χ1) is 7.86. The van der Waals surface area contributed by atoms with Gasteiger partial charge in [-0.15, -0.1) is 0 Å². The van der Waals surface area contributed by atoms with Crippen molar-refractivity contribution in [3.05, 3.63) is 18.0 Å². The van der Waals surface area contributed by atoms with Crippen LogP contribution in [-0.2, 0) is 17.8 Å². The summed E-state index contributed by atoms with van der Waals surface area (Å²) in [6, 6.07) is 0. The van der Waals surface area contributed by atoms with E-state index in [1.807, 2.05) is 10.9 Å². The molecule has 0 radical (unpaired) electrons. The van der Waals surface area contributed by atoms with Crippen LogP contribution in [0, 0.1) is 0 Å². The van der Waals surface area contributed by atoms with Gasteiger partial charge in [0.15, 0.2) is 0 Å². The third-order valence-corrected chi connectivity index (χ3v) is 2.49. The van der Waals surface area contributed by atoms with Gasteiger partial charge < -0.3 is 10.1 Å². The number of unbranched alkanes of at least 4 members (excludes halogenated alkanes) is 2. The molecule has 1 rings (SSSR count). The SMILES string of the molecule is CCCCCn1cc(CNCCOC)cn1. The molecule has 0 aliphatic rings. The van der Waals surface area contributed by atoms with Crippen LogP contribution in [0.3, 0.4) is 0 Å². The average Bonchev–Trinajstić information content (AvgIpc) is 2.73. The van der Waals surface area contributed by atoms with Gasteiger partial charge in [0, 0.05) is 38.5 Å². The van der Waals surface area contributed by atoms with Crippen LogP contribution in [0.15, 0.2) is 12.4 Å². The lowest BCUT2D eigenvalue weighted by atomic mass is 10.2. The van der Waals surface area contributed by atoms with Crippen LogP contribution in [0.1, 0.15) is 31.7 Å². The summed E-state index contributed by atoms with van der Waals surface area (Å²) in [4.78, 5) is 0. The Morgan fingerprint density at radius 3 is 3.06 bits per heavy atom. The molecule has 0 fully saturated rings. The maximum atomic E-state index is 4.97. The zero-order chi connectivity index (χ0) is 11.6. The second kappa shape index (κ2) is 8.30. The van der Waals surface area contributed by atoms with Gasteiger partial charge in [0.1, 0.15) is 0 Å². The van der Waals surface area contributed by atoms with Crippen LogP contribution < -0.4 is 5.32 Å². The van der Waals surface area contributed by atoms with Crippen molar-refractivity contribution in [2.24, 2.45) is 0 Å². The second-order valence-electron chi connectivity index (χ2n) is 3.99. The third-order valence-electron chi connectivity index (χ3n) is 2.49. The van der Waals surface area contributed by atoms with Crippen molar-refractivity contribution >= 4 is 0 Å². The molecule has 1 heterocycles. The molecule has 0 aromatic carbocycles. The van der Waals surface area contributed by atoms with Gasteiger partial charge in [0.05, 0.1) is 12.8 Å². The average molecular weight is 225 g/mol. The predicted molar refractivity (Wildman–Crippen MR) is 65.3 cm³/mol. The molecule has 0 saturated heterocycles. The van der Waals surface area contributed by atoms with Crippen molar-refractivity contribution in [1.29, 1.82) is 0 Å². The van der Waals surface area contributed by atoms with Crippen LogP contribution in [0.5, 0.6) is 0 Å². The number of aryl methyl sites for hydroxylation is 1. The Labute approximate surface area is 98.0 Å². The Morgan fingerprint density at radius 2 is 2.31 bits per heavy atom. The summed E-state index contributed by atoms with van der Waals surface area (Å²) >= 11 is 0. The van der Waals surface area contributed by atoms with E-state index >= 15 is 0 Å². The number of hydrogen-bond donors (Lipinski definition) is 1. The fourth-order valence-corrected chi connectivity index (χ4v) is 1.55. The van der Waals surface area contributed by atoms with Crippen molar-refractivity contribution in [2.45, 2.75) is 39.3 Å². The van der Waals surface area contributed by atoms with Crippen molar-refractivity contribution < 1.29 is 4.74 Å². The zero-order valence-electron chi connectivity index (χ0n) is 10.4. The van der Waals surface area contributed by atoms with Gasteiger partial charge in [0.2, 0.25) is 0 Å². The molecule has 0 aliphatic heterocycles. The molecule has 1 aromatic rings. The number of hydrogen-bond acceptors (Lipinski definition) is 3. The van der Waals surface area contributed by atoms with Crippen molar-refractivity contribution in [3.8, 4) is 0 Å². The van der Waals surface area contributed by atoms with Crippen LogP contribution in [0.25, 0.3) is 0 Å². The molecule has 0 spiro atoms. The summed E-state index contributed by atoms with van der Waals surface area (Å²) < 4.78 is 7.00. The van der Waals surface area contributed by atoms with E-state index in [0.29, 0.717) is 0 Å². The molecular weight excluding hydrogens is 202 g/mol. The Bertz CT molecular complexity index is 273. The smallest absolute Gasteiger partial charge is 0.0587 e. The summed E-state index contributed by atoms with van der Waals surface area (Å²) in [6.07, 6.45) is 7.81. The summed E-state index contributed by atoms with van der Waals surface area (Å²) in [5.41, 5.74) is 1.24. The fraction of sp³-hybridized carbons (Fsp3) is 0.750. The Hall–Kier alpha value is -0.870. The second-order valence-corrected chi connectivity index (χ2v) is 3.99. The molecule has 92 valence electrons. The summed E-state index contributed by atoms with van der Waals surface area (Å²) in [5.74, 6) is 0. The molecule has 0 saturated carbocycles. The molecule has 1 aromatic heterocycles. The van der Waals surface area contributed by atoms with E-state index < -0.39 is 0 Å². The highest BCUT2D eigenvalue weighted by molar-refractivity contribution is 5.03. The highest BCUT2D eigenvalue weighted by Crippen LogP contribution is 2.01. The highest BCUT2D eigenvalue weighted by Gasteiger charge is 1.97. The minimum absolute atomic E-state index is 0.755. The van der Waals surface area contributed by atoms with E-state index in [9.17, 15) is 0 Å². The molecule has 0 unspecified atom stereocenters. The molecule has 1 N–H and O–H groups in total. The lowest BCUT2D eigenvalue weighted by Gasteiger charge is -2.01.